The highest BCUT2D eigenvalue weighted by atomic mass is 19.1. The molecule has 1 aliphatic carbocycles. The second-order valence-electron chi connectivity index (χ2n) is 5.45. The number of hydrogen-bond acceptors (Lipinski definition) is 3. The first-order valence-electron chi connectivity index (χ1n) is 7.12. The molecule has 6 heteroatoms. The molecule has 1 amide bonds. The lowest BCUT2D eigenvalue weighted by molar-refractivity contribution is 0.0898. The van der Waals surface area contributed by atoms with E-state index in [2.05, 4.69) is 5.32 Å². The van der Waals surface area contributed by atoms with E-state index in [9.17, 15) is 18.7 Å². The van der Waals surface area contributed by atoms with Gasteiger partial charge in [0.1, 0.15) is 0 Å². The molecule has 21 heavy (non-hydrogen) atoms. The highest BCUT2D eigenvalue weighted by Crippen LogP contribution is 2.25. The SMILES string of the molecule is O=C(NC1CCCCCC1CO)c1cc(F)c(O)c(F)c1. The third kappa shape index (κ3) is 3.69. The van der Waals surface area contributed by atoms with Crippen molar-refractivity contribution < 1.29 is 23.8 Å². The predicted octanol–water partition coefficient (Wildman–Crippen LogP) is 2.34. The lowest BCUT2D eigenvalue weighted by atomic mass is 9.95. The van der Waals surface area contributed by atoms with Crippen molar-refractivity contribution in [2.45, 2.75) is 38.1 Å². The third-order valence-corrected chi connectivity index (χ3v) is 3.99. The van der Waals surface area contributed by atoms with Crippen LogP contribution in [0.3, 0.4) is 0 Å². The molecule has 0 radical (unpaired) electrons. The average Bonchev–Trinajstić information content (AvgIpc) is 2.69. The van der Waals surface area contributed by atoms with Crippen LogP contribution in [0.2, 0.25) is 0 Å². The van der Waals surface area contributed by atoms with Crippen molar-refractivity contribution in [3.63, 3.8) is 0 Å². The summed E-state index contributed by atoms with van der Waals surface area (Å²) in [6.07, 6.45) is 4.55. The van der Waals surface area contributed by atoms with Gasteiger partial charge in [-0.2, -0.15) is 0 Å². The molecular weight excluding hydrogens is 280 g/mol. The molecule has 1 aromatic carbocycles. The molecule has 116 valence electrons. The van der Waals surface area contributed by atoms with Gasteiger partial charge in [-0.25, -0.2) is 8.78 Å². The normalized spacial score (nSPS) is 22.6. The van der Waals surface area contributed by atoms with Crippen molar-refractivity contribution in [1.82, 2.24) is 5.32 Å². The number of aliphatic hydroxyl groups excluding tert-OH is 1. The number of aliphatic hydroxyl groups is 1. The molecule has 2 rings (SSSR count). The van der Waals surface area contributed by atoms with E-state index < -0.39 is 23.3 Å². The van der Waals surface area contributed by atoms with E-state index in [-0.39, 0.29) is 24.1 Å². The van der Waals surface area contributed by atoms with Gasteiger partial charge in [0, 0.05) is 24.1 Å². The maximum atomic E-state index is 13.3. The molecule has 1 aliphatic rings. The van der Waals surface area contributed by atoms with Crippen LogP contribution in [0, 0.1) is 17.6 Å². The molecule has 1 saturated carbocycles. The van der Waals surface area contributed by atoms with Crippen LogP contribution < -0.4 is 5.32 Å². The highest BCUT2D eigenvalue weighted by molar-refractivity contribution is 5.94. The summed E-state index contributed by atoms with van der Waals surface area (Å²) in [6.45, 7) is -0.0246. The lowest BCUT2D eigenvalue weighted by Crippen LogP contribution is -2.41. The topological polar surface area (TPSA) is 69.6 Å². The molecular formula is C15H19F2NO3. The zero-order valence-corrected chi connectivity index (χ0v) is 11.6. The summed E-state index contributed by atoms with van der Waals surface area (Å²) in [4.78, 5) is 12.1. The first kappa shape index (κ1) is 15.7. The van der Waals surface area contributed by atoms with Crippen LogP contribution in [-0.4, -0.2) is 28.8 Å². The molecule has 0 saturated heterocycles. The van der Waals surface area contributed by atoms with Crippen LogP contribution in [0.25, 0.3) is 0 Å². The first-order chi connectivity index (χ1) is 10.0. The van der Waals surface area contributed by atoms with Gasteiger partial charge in [0.25, 0.3) is 5.91 Å². The number of carbonyl (C=O) groups excluding carboxylic acids is 1. The fourth-order valence-corrected chi connectivity index (χ4v) is 2.74. The van der Waals surface area contributed by atoms with Gasteiger partial charge in [-0.1, -0.05) is 19.3 Å². The van der Waals surface area contributed by atoms with E-state index in [1.807, 2.05) is 0 Å². The third-order valence-electron chi connectivity index (χ3n) is 3.99. The molecule has 2 atom stereocenters. The number of aromatic hydroxyl groups is 1. The molecule has 0 bridgehead atoms. The quantitative estimate of drug-likeness (QED) is 0.750. The van der Waals surface area contributed by atoms with Crippen molar-refractivity contribution in [2.75, 3.05) is 6.61 Å². The van der Waals surface area contributed by atoms with E-state index in [0.717, 1.165) is 44.2 Å². The summed E-state index contributed by atoms with van der Waals surface area (Å²) in [6, 6.07) is 1.40. The number of hydrogen-bond donors (Lipinski definition) is 3. The summed E-state index contributed by atoms with van der Waals surface area (Å²) < 4.78 is 26.6. The summed E-state index contributed by atoms with van der Waals surface area (Å²) in [5.74, 6) is -4.06. The largest absolute Gasteiger partial charge is 0.503 e. The molecule has 0 aromatic heterocycles. The number of rotatable bonds is 3. The van der Waals surface area contributed by atoms with Crippen LogP contribution >= 0.6 is 0 Å². The van der Waals surface area contributed by atoms with Gasteiger partial charge in [0.05, 0.1) is 0 Å². The van der Waals surface area contributed by atoms with E-state index in [1.165, 1.54) is 0 Å². The Bertz CT molecular complexity index is 499. The number of halogens is 2. The number of carbonyl (C=O) groups is 1. The van der Waals surface area contributed by atoms with Gasteiger partial charge in [-0.3, -0.25) is 4.79 Å². The van der Waals surface area contributed by atoms with Crippen molar-refractivity contribution in [2.24, 2.45) is 5.92 Å². The van der Waals surface area contributed by atoms with Crippen molar-refractivity contribution >= 4 is 5.91 Å². The summed E-state index contributed by atoms with van der Waals surface area (Å²) >= 11 is 0. The molecule has 2 unspecified atom stereocenters. The predicted molar refractivity (Wildman–Crippen MR) is 72.9 cm³/mol. The maximum absolute atomic E-state index is 13.3. The van der Waals surface area contributed by atoms with Gasteiger partial charge >= 0.3 is 0 Å². The van der Waals surface area contributed by atoms with Gasteiger partial charge in [-0.05, 0) is 25.0 Å². The van der Waals surface area contributed by atoms with Gasteiger partial charge in [0.2, 0.25) is 0 Å². The lowest BCUT2D eigenvalue weighted by Gasteiger charge is -2.24. The second kappa shape index (κ2) is 6.85. The maximum Gasteiger partial charge on any atom is 0.251 e. The van der Waals surface area contributed by atoms with E-state index >= 15 is 0 Å². The van der Waals surface area contributed by atoms with Gasteiger partial charge in [0.15, 0.2) is 17.4 Å². The number of benzene rings is 1. The monoisotopic (exact) mass is 299 g/mol. The van der Waals surface area contributed by atoms with Crippen molar-refractivity contribution in [3.05, 3.63) is 29.3 Å². The molecule has 3 N–H and O–H groups in total. The Morgan fingerprint density at radius 2 is 1.81 bits per heavy atom. The zero-order chi connectivity index (χ0) is 15.4. The van der Waals surface area contributed by atoms with E-state index in [1.54, 1.807) is 0 Å². The minimum absolute atomic E-state index is 0.0246. The minimum Gasteiger partial charge on any atom is -0.503 e. The first-order valence-corrected chi connectivity index (χ1v) is 7.12. The smallest absolute Gasteiger partial charge is 0.251 e. The molecule has 0 spiro atoms. The van der Waals surface area contributed by atoms with Crippen LogP contribution in [0.5, 0.6) is 5.75 Å². The molecule has 0 heterocycles. The fourth-order valence-electron chi connectivity index (χ4n) is 2.74. The Hall–Kier alpha value is -1.69. The Labute approximate surface area is 121 Å². The van der Waals surface area contributed by atoms with Gasteiger partial charge < -0.3 is 15.5 Å². The zero-order valence-electron chi connectivity index (χ0n) is 11.6. The van der Waals surface area contributed by atoms with Crippen LogP contribution in [0.1, 0.15) is 42.5 Å². The molecule has 0 aliphatic heterocycles. The summed E-state index contributed by atoms with van der Waals surface area (Å²) in [7, 11) is 0. The minimum atomic E-state index is -1.17. The number of phenolic OH excluding ortho intramolecular Hbond substituents is 1. The Kier molecular flexibility index (Phi) is 5.12. The molecule has 1 aromatic rings. The number of nitrogens with one attached hydrogen (secondary N) is 1. The average molecular weight is 299 g/mol. The summed E-state index contributed by atoms with van der Waals surface area (Å²) in [5.41, 5.74) is -0.177. The van der Waals surface area contributed by atoms with Crippen LogP contribution in [0.15, 0.2) is 12.1 Å². The Morgan fingerprint density at radius 3 is 2.43 bits per heavy atom. The molecule has 4 nitrogen and oxygen atoms in total. The fraction of sp³-hybridized carbons (Fsp3) is 0.533. The van der Waals surface area contributed by atoms with Crippen LogP contribution in [0.4, 0.5) is 8.78 Å². The number of amides is 1. The van der Waals surface area contributed by atoms with Crippen LogP contribution in [-0.2, 0) is 0 Å². The van der Waals surface area contributed by atoms with E-state index in [4.69, 9.17) is 5.11 Å². The highest BCUT2D eigenvalue weighted by Gasteiger charge is 2.25. The van der Waals surface area contributed by atoms with Gasteiger partial charge in [-0.15, -0.1) is 0 Å². The van der Waals surface area contributed by atoms with Crippen molar-refractivity contribution in [1.29, 1.82) is 0 Å². The van der Waals surface area contributed by atoms with E-state index in [0.29, 0.717) is 0 Å². The number of phenols is 1. The Balaban J connectivity index is 2.12. The second-order valence-corrected chi connectivity index (χ2v) is 5.45. The van der Waals surface area contributed by atoms with Crippen molar-refractivity contribution in [3.8, 4) is 5.75 Å². The molecule has 1 fully saturated rings. The standard InChI is InChI=1S/C15H19F2NO3/c16-11-6-10(7-12(17)14(11)20)15(21)18-13-5-3-1-2-4-9(13)8-19/h6-7,9,13,19-20H,1-5,8H2,(H,18,21). The summed E-state index contributed by atoms with van der Waals surface area (Å²) in [5, 5.41) is 21.2. The Morgan fingerprint density at radius 1 is 1.19 bits per heavy atom.